The van der Waals surface area contributed by atoms with E-state index in [-0.39, 0.29) is 5.69 Å². The number of nitrogens with one attached hydrogen (secondary N) is 3. The van der Waals surface area contributed by atoms with Crippen LogP contribution in [-0.2, 0) is 0 Å². The second kappa shape index (κ2) is 9.45. The van der Waals surface area contributed by atoms with Gasteiger partial charge in [-0.25, -0.2) is 9.97 Å². The molecule has 0 bridgehead atoms. The summed E-state index contributed by atoms with van der Waals surface area (Å²) >= 11 is 0. The monoisotopic (exact) mass is 419 g/mol. The maximum absolute atomic E-state index is 8.96. The summed E-state index contributed by atoms with van der Waals surface area (Å²) in [5.41, 5.74) is 2.47. The Morgan fingerprint density at radius 2 is 2.19 bits per heavy atom. The quantitative estimate of drug-likeness (QED) is 0.534. The summed E-state index contributed by atoms with van der Waals surface area (Å²) in [5, 5.41) is 22.9. The number of piperidine rings is 1. The van der Waals surface area contributed by atoms with Crippen molar-refractivity contribution in [2.24, 2.45) is 5.92 Å². The molecule has 1 aromatic carbocycles. The first-order chi connectivity index (χ1) is 15.2. The van der Waals surface area contributed by atoms with Crippen LogP contribution in [0, 0.1) is 24.2 Å². The van der Waals surface area contributed by atoms with Gasteiger partial charge in [-0.3, -0.25) is 5.10 Å². The third kappa shape index (κ3) is 4.75. The molecular formula is C22H25N7O2. The lowest BCUT2D eigenvalue weighted by molar-refractivity contribution is 0.218. The Morgan fingerprint density at radius 3 is 2.94 bits per heavy atom. The molecule has 0 amide bonds. The molecule has 31 heavy (non-hydrogen) atoms. The fourth-order valence-electron chi connectivity index (χ4n) is 3.63. The number of nitrogens with zero attached hydrogens (tertiary/aromatic N) is 4. The van der Waals surface area contributed by atoms with E-state index in [1.165, 1.54) is 12.6 Å². The first-order valence-corrected chi connectivity index (χ1v) is 10.2. The minimum atomic E-state index is 0.273. The smallest absolute Gasteiger partial charge is 0.159 e. The summed E-state index contributed by atoms with van der Waals surface area (Å²) in [6, 6.07) is 9.61. The minimum absolute atomic E-state index is 0.273. The number of hydrogen-bond acceptors (Lipinski definition) is 8. The molecule has 9 nitrogen and oxygen atoms in total. The van der Waals surface area contributed by atoms with Crippen LogP contribution in [-0.4, -0.2) is 47.0 Å². The predicted octanol–water partition coefficient (Wildman–Crippen LogP) is 3.18. The van der Waals surface area contributed by atoms with Gasteiger partial charge in [-0.05, 0) is 38.4 Å². The molecule has 9 heteroatoms. The van der Waals surface area contributed by atoms with E-state index < -0.39 is 0 Å². The number of anilines is 2. The molecule has 1 aliphatic rings. The second-order valence-corrected chi connectivity index (χ2v) is 7.45. The standard InChI is InChI=1S/C22H25N7O2/c1-14-22(25-12-16(10-23)26-14)27-20-9-17(28-29-20)21-18(30-2)6-3-7-19(21)31-13-15-5-4-8-24-11-15/h3,6-7,9,12,15,24H,4-5,8,11,13H2,1-2H3,(H2,25,27,28,29)/t15-/m0/s1. The first kappa shape index (κ1) is 20.6. The van der Waals surface area contributed by atoms with Gasteiger partial charge in [0.05, 0.1) is 36.9 Å². The van der Waals surface area contributed by atoms with Crippen molar-refractivity contribution in [2.75, 3.05) is 32.1 Å². The molecule has 3 aromatic rings. The van der Waals surface area contributed by atoms with Gasteiger partial charge in [-0.1, -0.05) is 6.07 Å². The Morgan fingerprint density at radius 1 is 1.32 bits per heavy atom. The van der Waals surface area contributed by atoms with E-state index in [2.05, 4.69) is 30.8 Å². The van der Waals surface area contributed by atoms with Gasteiger partial charge in [0.15, 0.2) is 17.3 Å². The fraction of sp³-hybridized carbons (Fsp3) is 0.364. The SMILES string of the molecule is COc1cccc(OC[C@H]2CCCNC2)c1-c1cc(Nc2ncc(C#N)nc2C)n[nH]1. The molecular weight excluding hydrogens is 394 g/mol. The molecule has 1 fully saturated rings. The number of ether oxygens (including phenoxy) is 2. The van der Waals surface area contributed by atoms with E-state index in [0.717, 1.165) is 36.5 Å². The van der Waals surface area contributed by atoms with Gasteiger partial charge in [0.2, 0.25) is 0 Å². The van der Waals surface area contributed by atoms with E-state index in [1.807, 2.05) is 30.3 Å². The molecule has 0 spiro atoms. The number of methoxy groups -OCH3 is 1. The lowest BCUT2D eigenvalue weighted by atomic mass is 10.0. The number of benzene rings is 1. The van der Waals surface area contributed by atoms with Gasteiger partial charge in [0, 0.05) is 18.5 Å². The molecule has 160 valence electrons. The number of hydrogen-bond donors (Lipinski definition) is 3. The summed E-state index contributed by atoms with van der Waals surface area (Å²) < 4.78 is 11.8. The molecule has 4 rings (SSSR count). The highest BCUT2D eigenvalue weighted by atomic mass is 16.5. The van der Waals surface area contributed by atoms with Crippen LogP contribution in [0.5, 0.6) is 11.5 Å². The number of nitriles is 1. The van der Waals surface area contributed by atoms with Crippen molar-refractivity contribution in [3.8, 4) is 28.8 Å². The molecule has 0 saturated carbocycles. The Hall–Kier alpha value is -3.64. The van der Waals surface area contributed by atoms with Crippen LogP contribution >= 0.6 is 0 Å². The van der Waals surface area contributed by atoms with Crippen molar-refractivity contribution in [2.45, 2.75) is 19.8 Å². The third-order valence-electron chi connectivity index (χ3n) is 5.24. The Balaban J connectivity index is 1.56. The summed E-state index contributed by atoms with van der Waals surface area (Å²) in [6.45, 7) is 4.48. The fourth-order valence-corrected chi connectivity index (χ4v) is 3.63. The van der Waals surface area contributed by atoms with Gasteiger partial charge < -0.3 is 20.1 Å². The van der Waals surface area contributed by atoms with Crippen molar-refractivity contribution in [1.82, 2.24) is 25.5 Å². The lowest BCUT2D eigenvalue weighted by Gasteiger charge is -2.23. The average molecular weight is 419 g/mol. The van der Waals surface area contributed by atoms with Crippen LogP contribution in [0.1, 0.15) is 24.2 Å². The van der Waals surface area contributed by atoms with Crippen molar-refractivity contribution < 1.29 is 9.47 Å². The predicted molar refractivity (Wildman–Crippen MR) is 116 cm³/mol. The first-order valence-electron chi connectivity index (χ1n) is 10.2. The Kier molecular flexibility index (Phi) is 6.29. The van der Waals surface area contributed by atoms with Gasteiger partial charge >= 0.3 is 0 Å². The summed E-state index contributed by atoms with van der Waals surface area (Å²) in [6.07, 6.45) is 3.76. The largest absolute Gasteiger partial charge is 0.496 e. The van der Waals surface area contributed by atoms with Crippen LogP contribution in [0.15, 0.2) is 30.5 Å². The van der Waals surface area contributed by atoms with Crippen molar-refractivity contribution in [1.29, 1.82) is 5.26 Å². The van der Waals surface area contributed by atoms with E-state index in [4.69, 9.17) is 14.7 Å². The zero-order valence-electron chi connectivity index (χ0n) is 17.6. The zero-order chi connectivity index (χ0) is 21.6. The number of aromatic nitrogens is 4. The van der Waals surface area contributed by atoms with Crippen LogP contribution in [0.25, 0.3) is 11.3 Å². The van der Waals surface area contributed by atoms with Crippen LogP contribution < -0.4 is 20.1 Å². The molecule has 2 aromatic heterocycles. The average Bonchev–Trinajstić information content (AvgIpc) is 3.27. The van der Waals surface area contributed by atoms with Gasteiger partial charge in [0.1, 0.15) is 17.6 Å². The molecule has 3 N–H and O–H groups in total. The van der Waals surface area contributed by atoms with E-state index in [0.29, 0.717) is 35.6 Å². The van der Waals surface area contributed by atoms with Crippen molar-refractivity contribution in [3.63, 3.8) is 0 Å². The second-order valence-electron chi connectivity index (χ2n) is 7.45. The summed E-state index contributed by atoms with van der Waals surface area (Å²) in [4.78, 5) is 8.45. The summed E-state index contributed by atoms with van der Waals surface area (Å²) in [7, 11) is 1.64. The third-order valence-corrected chi connectivity index (χ3v) is 5.24. The molecule has 1 atom stereocenters. The van der Waals surface area contributed by atoms with Crippen LogP contribution in [0.2, 0.25) is 0 Å². The van der Waals surface area contributed by atoms with Gasteiger partial charge in [0.25, 0.3) is 0 Å². The number of H-pyrrole nitrogens is 1. The molecule has 1 saturated heterocycles. The topological polar surface area (TPSA) is 121 Å². The maximum atomic E-state index is 8.96. The molecule has 0 radical (unpaired) electrons. The normalized spacial score (nSPS) is 15.8. The Bertz CT molecular complexity index is 1080. The molecule has 0 aliphatic carbocycles. The van der Waals surface area contributed by atoms with Gasteiger partial charge in [-0.15, -0.1) is 0 Å². The van der Waals surface area contributed by atoms with Crippen LogP contribution in [0.3, 0.4) is 0 Å². The van der Waals surface area contributed by atoms with Crippen molar-refractivity contribution >= 4 is 11.6 Å². The lowest BCUT2D eigenvalue weighted by Crippen LogP contribution is -2.33. The van der Waals surface area contributed by atoms with E-state index >= 15 is 0 Å². The molecule has 3 heterocycles. The zero-order valence-corrected chi connectivity index (χ0v) is 17.6. The molecule has 0 unspecified atom stereocenters. The molecule has 1 aliphatic heterocycles. The Labute approximate surface area is 180 Å². The maximum Gasteiger partial charge on any atom is 0.159 e. The van der Waals surface area contributed by atoms with E-state index in [1.54, 1.807) is 14.0 Å². The highest BCUT2D eigenvalue weighted by molar-refractivity contribution is 5.76. The van der Waals surface area contributed by atoms with Gasteiger partial charge in [-0.2, -0.15) is 10.4 Å². The van der Waals surface area contributed by atoms with Crippen LogP contribution in [0.4, 0.5) is 11.6 Å². The number of aromatic amines is 1. The van der Waals surface area contributed by atoms with Crippen molar-refractivity contribution in [3.05, 3.63) is 41.9 Å². The highest BCUT2D eigenvalue weighted by Gasteiger charge is 2.19. The van der Waals surface area contributed by atoms with E-state index in [9.17, 15) is 0 Å². The minimum Gasteiger partial charge on any atom is -0.496 e. The number of aryl methyl sites for hydroxylation is 1. The highest BCUT2D eigenvalue weighted by Crippen LogP contribution is 2.38. The number of rotatable bonds is 7. The summed E-state index contributed by atoms with van der Waals surface area (Å²) in [5.74, 6) is 3.05.